The highest BCUT2D eigenvalue weighted by Gasteiger charge is 2.20. The summed E-state index contributed by atoms with van der Waals surface area (Å²) in [6.45, 7) is 5.60. The third-order valence-electron chi connectivity index (χ3n) is 4.08. The first-order valence-electron chi connectivity index (χ1n) is 8.08. The SMILES string of the molecule is CCNS(=O)(=O)c1ccc(C)c(C(=O)NOC2CCN(C)CC2)c1. The van der Waals surface area contributed by atoms with Crippen LogP contribution in [-0.4, -0.2) is 52.0 Å². The van der Waals surface area contributed by atoms with Gasteiger partial charge in [-0.1, -0.05) is 13.0 Å². The molecule has 1 fully saturated rings. The van der Waals surface area contributed by atoms with Crippen molar-refractivity contribution in [2.45, 2.75) is 37.7 Å². The number of likely N-dealkylation sites (tertiary alicyclic amines) is 1. The Balaban J connectivity index is 2.06. The molecule has 0 atom stereocenters. The highest BCUT2D eigenvalue weighted by Crippen LogP contribution is 2.16. The quantitative estimate of drug-likeness (QED) is 0.745. The van der Waals surface area contributed by atoms with E-state index in [1.165, 1.54) is 12.1 Å². The van der Waals surface area contributed by atoms with Crippen LogP contribution in [0, 0.1) is 6.92 Å². The molecule has 1 aromatic carbocycles. The maximum Gasteiger partial charge on any atom is 0.275 e. The summed E-state index contributed by atoms with van der Waals surface area (Å²) in [6.07, 6.45) is 1.69. The lowest BCUT2D eigenvalue weighted by Crippen LogP contribution is -2.38. The van der Waals surface area contributed by atoms with E-state index in [0.29, 0.717) is 11.1 Å². The number of nitrogens with one attached hydrogen (secondary N) is 2. The minimum Gasteiger partial charge on any atom is -0.306 e. The van der Waals surface area contributed by atoms with Crippen LogP contribution in [0.25, 0.3) is 0 Å². The predicted octanol–water partition coefficient (Wildman–Crippen LogP) is 1.05. The number of carbonyl (C=O) groups is 1. The molecule has 1 amide bonds. The molecule has 0 aromatic heterocycles. The average molecular weight is 355 g/mol. The molecule has 7 nitrogen and oxygen atoms in total. The van der Waals surface area contributed by atoms with Crippen molar-refractivity contribution in [1.82, 2.24) is 15.1 Å². The highest BCUT2D eigenvalue weighted by molar-refractivity contribution is 7.89. The molecule has 0 spiro atoms. The summed E-state index contributed by atoms with van der Waals surface area (Å²) >= 11 is 0. The maximum absolute atomic E-state index is 12.3. The molecule has 2 N–H and O–H groups in total. The molecule has 0 bridgehead atoms. The Kier molecular flexibility index (Phi) is 6.34. The van der Waals surface area contributed by atoms with Crippen molar-refractivity contribution in [2.75, 3.05) is 26.7 Å². The monoisotopic (exact) mass is 355 g/mol. The predicted molar refractivity (Wildman–Crippen MR) is 91.1 cm³/mol. The summed E-state index contributed by atoms with van der Waals surface area (Å²) < 4.78 is 26.6. The first-order chi connectivity index (χ1) is 11.3. The zero-order valence-corrected chi connectivity index (χ0v) is 15.1. The topological polar surface area (TPSA) is 87.7 Å². The summed E-state index contributed by atoms with van der Waals surface area (Å²) in [7, 11) is -1.55. The van der Waals surface area contributed by atoms with Crippen molar-refractivity contribution in [2.24, 2.45) is 0 Å². The van der Waals surface area contributed by atoms with E-state index in [4.69, 9.17) is 4.84 Å². The molecule has 1 heterocycles. The van der Waals surface area contributed by atoms with Crippen molar-refractivity contribution in [3.8, 4) is 0 Å². The van der Waals surface area contributed by atoms with Crippen molar-refractivity contribution in [3.63, 3.8) is 0 Å². The van der Waals surface area contributed by atoms with Gasteiger partial charge in [-0.15, -0.1) is 0 Å². The number of hydroxylamine groups is 1. The lowest BCUT2D eigenvalue weighted by molar-refractivity contribution is -0.0400. The minimum absolute atomic E-state index is 0.0147. The number of aryl methyl sites for hydroxylation is 1. The Morgan fingerprint density at radius 3 is 2.62 bits per heavy atom. The molecular formula is C16H25N3O4S. The van der Waals surface area contributed by atoms with Crippen molar-refractivity contribution in [1.29, 1.82) is 0 Å². The number of nitrogens with zero attached hydrogens (tertiary/aromatic N) is 1. The standard InChI is InChI=1S/C16H25N3O4S/c1-4-17-24(21,22)14-6-5-12(2)15(11-14)16(20)18-23-13-7-9-19(3)10-8-13/h5-6,11,13,17H,4,7-10H2,1-3H3,(H,18,20). The van der Waals surface area contributed by atoms with E-state index < -0.39 is 15.9 Å². The molecule has 1 aromatic rings. The van der Waals surface area contributed by atoms with Gasteiger partial charge in [-0.3, -0.25) is 9.63 Å². The molecule has 2 rings (SSSR count). The van der Waals surface area contributed by atoms with Crippen LogP contribution in [0.5, 0.6) is 0 Å². The molecular weight excluding hydrogens is 330 g/mol. The third kappa shape index (κ3) is 4.76. The van der Waals surface area contributed by atoms with Gasteiger partial charge in [0.25, 0.3) is 5.91 Å². The van der Waals surface area contributed by atoms with E-state index in [0.717, 1.165) is 25.9 Å². The second kappa shape index (κ2) is 8.06. The summed E-state index contributed by atoms with van der Waals surface area (Å²) in [5.41, 5.74) is 3.45. The van der Waals surface area contributed by atoms with Gasteiger partial charge in [-0.2, -0.15) is 0 Å². The molecule has 8 heteroatoms. The fourth-order valence-electron chi connectivity index (χ4n) is 2.58. The fraction of sp³-hybridized carbons (Fsp3) is 0.562. The number of benzene rings is 1. The van der Waals surface area contributed by atoms with Gasteiger partial charge >= 0.3 is 0 Å². The van der Waals surface area contributed by atoms with Crippen LogP contribution in [-0.2, 0) is 14.9 Å². The van der Waals surface area contributed by atoms with Gasteiger partial charge in [0.15, 0.2) is 0 Å². The average Bonchev–Trinajstić information content (AvgIpc) is 2.54. The Hall–Kier alpha value is -1.48. The zero-order valence-electron chi connectivity index (χ0n) is 14.3. The Morgan fingerprint density at radius 1 is 1.33 bits per heavy atom. The molecule has 1 aliphatic heterocycles. The van der Waals surface area contributed by atoms with Gasteiger partial charge < -0.3 is 4.90 Å². The van der Waals surface area contributed by atoms with E-state index in [1.807, 2.05) is 0 Å². The normalized spacial score (nSPS) is 17.0. The zero-order chi connectivity index (χ0) is 17.7. The molecule has 0 saturated carbocycles. The number of carbonyl (C=O) groups excluding carboxylic acids is 1. The smallest absolute Gasteiger partial charge is 0.275 e. The van der Waals surface area contributed by atoms with Gasteiger partial charge in [0.2, 0.25) is 10.0 Å². The Bertz CT molecular complexity index is 683. The number of sulfonamides is 1. The van der Waals surface area contributed by atoms with E-state index in [2.05, 4.69) is 22.1 Å². The van der Waals surface area contributed by atoms with E-state index in [-0.39, 0.29) is 17.5 Å². The van der Waals surface area contributed by atoms with Crippen molar-refractivity contribution < 1.29 is 18.0 Å². The molecule has 0 radical (unpaired) electrons. The fourth-order valence-corrected chi connectivity index (χ4v) is 3.65. The number of hydrogen-bond acceptors (Lipinski definition) is 5. The lowest BCUT2D eigenvalue weighted by atomic mass is 10.1. The Labute approximate surface area is 143 Å². The second-order valence-electron chi connectivity index (χ2n) is 6.03. The lowest BCUT2D eigenvalue weighted by Gasteiger charge is -2.28. The van der Waals surface area contributed by atoms with E-state index in [1.54, 1.807) is 19.9 Å². The first kappa shape index (κ1) is 18.9. The van der Waals surface area contributed by atoms with Crippen LogP contribution in [0.15, 0.2) is 23.1 Å². The van der Waals surface area contributed by atoms with Crippen LogP contribution in [0.2, 0.25) is 0 Å². The number of piperidine rings is 1. The number of hydrogen-bond donors (Lipinski definition) is 2. The van der Waals surface area contributed by atoms with E-state index >= 15 is 0 Å². The molecule has 1 saturated heterocycles. The van der Waals surface area contributed by atoms with Gasteiger partial charge in [-0.05, 0) is 44.5 Å². The largest absolute Gasteiger partial charge is 0.306 e. The van der Waals surface area contributed by atoms with Crippen LogP contribution < -0.4 is 10.2 Å². The minimum atomic E-state index is -3.60. The van der Waals surface area contributed by atoms with Crippen LogP contribution in [0.1, 0.15) is 35.7 Å². The number of amides is 1. The summed E-state index contributed by atoms with van der Waals surface area (Å²) in [5.74, 6) is -0.431. The Morgan fingerprint density at radius 2 is 2.00 bits per heavy atom. The molecule has 0 aliphatic carbocycles. The number of rotatable bonds is 6. The van der Waals surface area contributed by atoms with Crippen LogP contribution in [0.4, 0.5) is 0 Å². The van der Waals surface area contributed by atoms with Gasteiger partial charge in [-0.25, -0.2) is 18.6 Å². The second-order valence-corrected chi connectivity index (χ2v) is 7.80. The highest BCUT2D eigenvalue weighted by atomic mass is 32.2. The van der Waals surface area contributed by atoms with Gasteiger partial charge in [0.05, 0.1) is 11.0 Å². The van der Waals surface area contributed by atoms with Crippen molar-refractivity contribution >= 4 is 15.9 Å². The summed E-state index contributed by atoms with van der Waals surface area (Å²) in [5, 5.41) is 0. The molecule has 134 valence electrons. The van der Waals surface area contributed by atoms with Gasteiger partial charge in [0, 0.05) is 25.2 Å². The summed E-state index contributed by atoms with van der Waals surface area (Å²) in [6, 6.07) is 4.48. The molecule has 24 heavy (non-hydrogen) atoms. The summed E-state index contributed by atoms with van der Waals surface area (Å²) in [4.78, 5) is 20.1. The van der Waals surface area contributed by atoms with Crippen LogP contribution >= 0.6 is 0 Å². The van der Waals surface area contributed by atoms with Crippen molar-refractivity contribution in [3.05, 3.63) is 29.3 Å². The van der Waals surface area contributed by atoms with Crippen LogP contribution in [0.3, 0.4) is 0 Å². The first-order valence-corrected chi connectivity index (χ1v) is 9.56. The third-order valence-corrected chi connectivity index (χ3v) is 5.63. The van der Waals surface area contributed by atoms with E-state index in [9.17, 15) is 13.2 Å². The maximum atomic E-state index is 12.3. The molecule has 1 aliphatic rings. The molecule has 0 unspecified atom stereocenters. The van der Waals surface area contributed by atoms with Gasteiger partial charge in [0.1, 0.15) is 0 Å².